The largest absolute Gasteiger partial charge is 0.493 e. The van der Waals surface area contributed by atoms with E-state index in [0.717, 1.165) is 16.8 Å². The fraction of sp³-hybridized carbons (Fsp3) is 0.423. The monoisotopic (exact) mass is 434 g/mol. The van der Waals surface area contributed by atoms with Crippen LogP contribution in [0.15, 0.2) is 36.4 Å². The molecule has 2 aromatic rings. The molecule has 2 aromatic carbocycles. The minimum absolute atomic E-state index is 0.00214. The lowest BCUT2D eigenvalue weighted by atomic mass is 9.91. The van der Waals surface area contributed by atoms with Gasteiger partial charge in [0, 0.05) is 12.1 Å². The minimum atomic E-state index is -0.785. The van der Waals surface area contributed by atoms with Crippen LogP contribution in [-0.4, -0.2) is 24.9 Å². The first-order valence-electron chi connectivity index (χ1n) is 10.9. The maximum Gasteiger partial charge on any atom is 0.231 e. The van der Waals surface area contributed by atoms with Crippen molar-refractivity contribution in [3.8, 4) is 17.6 Å². The number of ether oxygens (including phenoxy) is 2. The van der Waals surface area contributed by atoms with E-state index < -0.39 is 5.92 Å². The second kappa shape index (κ2) is 9.86. The highest BCUT2D eigenvalue weighted by Gasteiger charge is 2.27. The molecule has 1 aliphatic heterocycles. The van der Waals surface area contributed by atoms with Gasteiger partial charge < -0.3 is 14.4 Å². The Hall–Kier alpha value is -3.33. The van der Waals surface area contributed by atoms with Gasteiger partial charge in [-0.05, 0) is 60.7 Å². The van der Waals surface area contributed by atoms with Gasteiger partial charge in [0.2, 0.25) is 5.91 Å². The van der Waals surface area contributed by atoms with Crippen LogP contribution in [0.1, 0.15) is 56.7 Å². The Labute approximate surface area is 189 Å². The summed E-state index contributed by atoms with van der Waals surface area (Å²) in [6, 6.07) is 13.1. The summed E-state index contributed by atoms with van der Waals surface area (Å²) in [5, 5.41) is 9.51. The Bertz CT molecular complexity index is 1040. The third-order valence-electron chi connectivity index (χ3n) is 5.42. The number of fused-ring (bicyclic) bond motifs is 1. The van der Waals surface area contributed by atoms with E-state index in [1.54, 1.807) is 36.3 Å². The Morgan fingerprint density at radius 3 is 2.31 bits per heavy atom. The summed E-state index contributed by atoms with van der Waals surface area (Å²) in [7, 11) is 1.59. The fourth-order valence-corrected chi connectivity index (χ4v) is 3.91. The van der Waals surface area contributed by atoms with Crippen molar-refractivity contribution in [2.24, 2.45) is 5.92 Å². The quantitative estimate of drug-likeness (QED) is 0.597. The highest BCUT2D eigenvalue weighted by molar-refractivity contribution is 5.96. The Morgan fingerprint density at radius 2 is 1.75 bits per heavy atom. The summed E-state index contributed by atoms with van der Waals surface area (Å²) < 4.78 is 11.3. The third-order valence-corrected chi connectivity index (χ3v) is 5.42. The highest BCUT2D eigenvalue weighted by atomic mass is 16.5. The van der Waals surface area contributed by atoms with E-state index in [1.807, 2.05) is 39.8 Å². The molecule has 0 bridgehead atoms. The molecule has 1 unspecified atom stereocenters. The minimum Gasteiger partial charge on any atom is -0.493 e. The van der Waals surface area contributed by atoms with Crippen LogP contribution in [0, 0.1) is 17.2 Å². The number of nitriles is 1. The molecule has 1 amide bonds. The lowest BCUT2D eigenvalue weighted by Gasteiger charge is -2.30. The molecule has 0 aliphatic carbocycles. The first kappa shape index (κ1) is 23.3. The molecule has 0 N–H and O–H groups in total. The molecule has 6 nitrogen and oxygen atoms in total. The number of hydrogen-bond donors (Lipinski definition) is 0. The fourth-order valence-electron chi connectivity index (χ4n) is 3.91. The molecular weight excluding hydrogens is 404 g/mol. The number of carbonyl (C=O) groups excluding carboxylic acids is 2. The summed E-state index contributed by atoms with van der Waals surface area (Å²) in [6.07, 6.45) is 0.636. The highest BCUT2D eigenvalue weighted by Crippen LogP contribution is 2.36. The SMILES string of the molecule is COc1cc2c(cc1OC(C)C)CN(c1ccc(C(C#N)C(=O)CC(C)C)cc1)C(=O)C2. The van der Waals surface area contributed by atoms with Gasteiger partial charge in [-0.15, -0.1) is 0 Å². The number of nitrogens with zero attached hydrogens (tertiary/aromatic N) is 2. The van der Waals surface area contributed by atoms with Gasteiger partial charge >= 0.3 is 0 Å². The second-order valence-electron chi connectivity index (χ2n) is 8.81. The van der Waals surface area contributed by atoms with Gasteiger partial charge in [0.25, 0.3) is 0 Å². The molecule has 0 spiro atoms. The van der Waals surface area contributed by atoms with E-state index in [9.17, 15) is 14.9 Å². The number of ketones is 1. The molecule has 1 heterocycles. The predicted molar refractivity (Wildman–Crippen MR) is 123 cm³/mol. The normalized spacial score (nSPS) is 14.2. The van der Waals surface area contributed by atoms with E-state index in [1.165, 1.54) is 0 Å². The Morgan fingerprint density at radius 1 is 1.09 bits per heavy atom. The van der Waals surface area contributed by atoms with Crippen LogP contribution in [0.25, 0.3) is 0 Å². The van der Waals surface area contributed by atoms with E-state index in [-0.39, 0.29) is 30.1 Å². The van der Waals surface area contributed by atoms with E-state index in [0.29, 0.717) is 30.0 Å². The average Bonchev–Trinajstić information content (AvgIpc) is 2.73. The summed E-state index contributed by atoms with van der Waals surface area (Å²) in [4.78, 5) is 27.0. The van der Waals surface area contributed by atoms with E-state index >= 15 is 0 Å². The van der Waals surface area contributed by atoms with Crippen molar-refractivity contribution in [1.82, 2.24) is 0 Å². The third kappa shape index (κ3) is 5.11. The zero-order chi connectivity index (χ0) is 23.4. The smallest absolute Gasteiger partial charge is 0.231 e. The zero-order valence-corrected chi connectivity index (χ0v) is 19.3. The van der Waals surface area contributed by atoms with Gasteiger partial charge in [-0.25, -0.2) is 0 Å². The van der Waals surface area contributed by atoms with Gasteiger partial charge in [-0.2, -0.15) is 5.26 Å². The number of Topliss-reactive ketones (excluding diaryl/α,β-unsaturated/α-hetero) is 1. The molecule has 3 rings (SSSR count). The molecule has 0 aromatic heterocycles. The number of benzene rings is 2. The summed E-state index contributed by atoms with van der Waals surface area (Å²) in [5.41, 5.74) is 3.33. The van der Waals surface area contributed by atoms with Gasteiger partial charge in [-0.1, -0.05) is 26.0 Å². The average molecular weight is 435 g/mol. The molecular formula is C26H30N2O4. The van der Waals surface area contributed by atoms with E-state index in [2.05, 4.69) is 6.07 Å². The van der Waals surface area contributed by atoms with Crippen LogP contribution < -0.4 is 14.4 Å². The molecule has 1 atom stereocenters. The lowest BCUT2D eigenvalue weighted by molar-refractivity contribution is -0.120. The second-order valence-corrected chi connectivity index (χ2v) is 8.81. The van der Waals surface area contributed by atoms with Crippen molar-refractivity contribution in [2.45, 2.75) is 59.1 Å². The van der Waals surface area contributed by atoms with Crippen molar-refractivity contribution in [3.63, 3.8) is 0 Å². The maximum atomic E-state index is 12.9. The first-order valence-corrected chi connectivity index (χ1v) is 10.9. The molecule has 0 saturated carbocycles. The van der Waals surface area contributed by atoms with Crippen LogP contribution in [0.3, 0.4) is 0 Å². The number of methoxy groups -OCH3 is 1. The topological polar surface area (TPSA) is 79.6 Å². The molecule has 1 aliphatic rings. The van der Waals surface area contributed by atoms with Crippen LogP contribution >= 0.6 is 0 Å². The summed E-state index contributed by atoms with van der Waals surface area (Å²) in [6.45, 7) is 8.25. The number of rotatable bonds is 8. The zero-order valence-electron chi connectivity index (χ0n) is 19.3. The molecule has 6 heteroatoms. The van der Waals surface area contributed by atoms with Crippen molar-refractivity contribution in [2.75, 3.05) is 12.0 Å². The maximum absolute atomic E-state index is 12.9. The summed E-state index contributed by atoms with van der Waals surface area (Å²) in [5.74, 6) is 0.602. The van der Waals surface area contributed by atoms with Gasteiger partial charge in [0.05, 0.1) is 32.2 Å². The Balaban J connectivity index is 1.85. The van der Waals surface area contributed by atoms with Crippen molar-refractivity contribution < 1.29 is 19.1 Å². The van der Waals surface area contributed by atoms with Crippen LogP contribution in [0.5, 0.6) is 11.5 Å². The molecule has 168 valence electrons. The molecule has 0 saturated heterocycles. The standard InChI is InChI=1S/C26H30N2O4/c1-16(2)10-23(29)22(14-27)18-6-8-21(9-7-18)28-15-20-12-25(32-17(3)4)24(31-5)11-19(20)13-26(28)30/h6-9,11-12,16-17,22H,10,13,15H2,1-5H3. The number of amides is 1. The van der Waals surface area contributed by atoms with Crippen LogP contribution in [0.4, 0.5) is 5.69 Å². The van der Waals surface area contributed by atoms with Gasteiger partial charge in [-0.3, -0.25) is 9.59 Å². The van der Waals surface area contributed by atoms with E-state index in [4.69, 9.17) is 9.47 Å². The van der Waals surface area contributed by atoms with Crippen molar-refractivity contribution in [1.29, 1.82) is 5.26 Å². The van der Waals surface area contributed by atoms with Crippen molar-refractivity contribution >= 4 is 17.4 Å². The molecule has 32 heavy (non-hydrogen) atoms. The van der Waals surface area contributed by atoms with Gasteiger partial charge in [0.1, 0.15) is 5.92 Å². The first-order chi connectivity index (χ1) is 15.2. The van der Waals surface area contributed by atoms with Crippen LogP contribution in [0.2, 0.25) is 0 Å². The number of anilines is 1. The predicted octanol–water partition coefficient (Wildman–Crippen LogP) is 4.79. The number of hydrogen-bond acceptors (Lipinski definition) is 5. The van der Waals surface area contributed by atoms with Crippen LogP contribution in [-0.2, 0) is 22.6 Å². The molecule has 0 radical (unpaired) electrons. The van der Waals surface area contributed by atoms with Gasteiger partial charge in [0.15, 0.2) is 17.3 Å². The lowest BCUT2D eigenvalue weighted by Crippen LogP contribution is -2.36. The van der Waals surface area contributed by atoms with Crippen molar-refractivity contribution in [3.05, 3.63) is 53.1 Å². The summed E-state index contributed by atoms with van der Waals surface area (Å²) >= 11 is 0. The Kier molecular flexibility index (Phi) is 7.19. The number of carbonyl (C=O) groups is 2. The molecule has 0 fully saturated rings.